The molecule has 5 heteroatoms. The van der Waals surface area contributed by atoms with Gasteiger partial charge in [-0.05, 0) is 25.5 Å². The summed E-state index contributed by atoms with van der Waals surface area (Å²) in [7, 11) is 0. The van der Waals surface area contributed by atoms with Crippen LogP contribution in [-0.2, 0) is 4.79 Å². The fourth-order valence-electron chi connectivity index (χ4n) is 3.48. The number of carboxylic acids is 1. The Bertz CT molecular complexity index is 1150. The average Bonchev–Trinajstić information content (AvgIpc) is 3.18. The van der Waals surface area contributed by atoms with Gasteiger partial charge < -0.3 is 5.11 Å². The van der Waals surface area contributed by atoms with Gasteiger partial charge in [0.2, 0.25) is 0 Å². The molecule has 31 heavy (non-hydrogen) atoms. The Hall–Kier alpha value is -3.31. The molecule has 0 bridgehead atoms. The summed E-state index contributed by atoms with van der Waals surface area (Å²) in [6, 6.07) is 28.9. The van der Waals surface area contributed by atoms with Gasteiger partial charge in [-0.15, -0.1) is 0 Å². The maximum absolute atomic E-state index is 10.9. The van der Waals surface area contributed by atoms with Crippen LogP contribution in [0.3, 0.4) is 0 Å². The van der Waals surface area contributed by atoms with E-state index in [2.05, 4.69) is 60.0 Å². The molecular weight excluding hydrogens is 404 g/mol. The number of hydrogen-bond acceptors (Lipinski definition) is 3. The summed E-state index contributed by atoms with van der Waals surface area (Å²) in [5, 5.41) is 9.85. The zero-order chi connectivity index (χ0) is 21.6. The van der Waals surface area contributed by atoms with E-state index in [-0.39, 0.29) is 6.42 Å². The van der Waals surface area contributed by atoms with E-state index in [0.29, 0.717) is 12.2 Å². The molecule has 0 atom stereocenters. The van der Waals surface area contributed by atoms with Crippen molar-refractivity contribution in [1.29, 1.82) is 0 Å². The van der Waals surface area contributed by atoms with Crippen molar-refractivity contribution in [3.63, 3.8) is 0 Å². The SMILES string of the molecule is Cc1ccc(-n2c(SCCCC(=O)O)nc(-c3ccccc3)c2-c2ccccc2)cc1. The van der Waals surface area contributed by atoms with Crippen LogP contribution in [0.25, 0.3) is 28.2 Å². The average molecular weight is 429 g/mol. The van der Waals surface area contributed by atoms with Gasteiger partial charge in [0.25, 0.3) is 0 Å². The molecule has 1 aromatic heterocycles. The van der Waals surface area contributed by atoms with Gasteiger partial charge in [0.15, 0.2) is 5.16 Å². The molecule has 0 saturated carbocycles. The van der Waals surface area contributed by atoms with Crippen molar-refractivity contribution in [3.8, 4) is 28.2 Å². The number of hydrogen-bond donors (Lipinski definition) is 1. The van der Waals surface area contributed by atoms with Crippen molar-refractivity contribution in [3.05, 3.63) is 90.5 Å². The van der Waals surface area contributed by atoms with E-state index in [0.717, 1.165) is 33.4 Å². The van der Waals surface area contributed by atoms with Gasteiger partial charge in [-0.3, -0.25) is 9.36 Å². The van der Waals surface area contributed by atoms with Crippen molar-refractivity contribution in [2.45, 2.75) is 24.9 Å². The van der Waals surface area contributed by atoms with Gasteiger partial charge in [-0.25, -0.2) is 4.98 Å². The quantitative estimate of drug-likeness (QED) is 0.258. The number of benzene rings is 3. The molecule has 4 rings (SSSR count). The molecule has 1 heterocycles. The van der Waals surface area contributed by atoms with Crippen LogP contribution in [0.2, 0.25) is 0 Å². The second kappa shape index (κ2) is 9.67. The predicted octanol–water partition coefficient (Wildman–Crippen LogP) is 6.47. The molecule has 0 fully saturated rings. The molecule has 4 aromatic rings. The van der Waals surface area contributed by atoms with Crippen molar-refractivity contribution in [2.24, 2.45) is 0 Å². The zero-order valence-corrected chi connectivity index (χ0v) is 18.2. The molecule has 4 nitrogen and oxygen atoms in total. The molecule has 0 unspecified atom stereocenters. The number of rotatable bonds is 8. The summed E-state index contributed by atoms with van der Waals surface area (Å²) in [5.41, 5.74) is 6.35. The van der Waals surface area contributed by atoms with E-state index in [1.807, 2.05) is 36.4 Å². The smallest absolute Gasteiger partial charge is 0.303 e. The van der Waals surface area contributed by atoms with E-state index in [1.54, 1.807) is 11.8 Å². The third-order valence-corrected chi connectivity index (χ3v) is 6.02. The maximum atomic E-state index is 10.9. The highest BCUT2D eigenvalue weighted by Gasteiger charge is 2.21. The third kappa shape index (κ3) is 4.89. The Morgan fingerprint density at radius 3 is 2.13 bits per heavy atom. The Labute approximate surface area is 186 Å². The largest absolute Gasteiger partial charge is 0.481 e. The Balaban J connectivity index is 1.88. The number of imidazole rings is 1. The lowest BCUT2D eigenvalue weighted by Crippen LogP contribution is -2.01. The van der Waals surface area contributed by atoms with Gasteiger partial charge in [-0.2, -0.15) is 0 Å². The summed E-state index contributed by atoms with van der Waals surface area (Å²) in [4.78, 5) is 16.0. The Morgan fingerprint density at radius 2 is 1.52 bits per heavy atom. The van der Waals surface area contributed by atoms with E-state index in [4.69, 9.17) is 10.1 Å². The summed E-state index contributed by atoms with van der Waals surface area (Å²) < 4.78 is 2.20. The van der Waals surface area contributed by atoms with Gasteiger partial charge in [0, 0.05) is 29.0 Å². The molecule has 0 spiro atoms. The van der Waals surface area contributed by atoms with Gasteiger partial charge >= 0.3 is 5.97 Å². The molecule has 3 aromatic carbocycles. The van der Waals surface area contributed by atoms with Crippen LogP contribution in [-0.4, -0.2) is 26.4 Å². The summed E-state index contributed by atoms with van der Waals surface area (Å²) in [5.74, 6) is -0.0742. The summed E-state index contributed by atoms with van der Waals surface area (Å²) in [6.07, 6.45) is 0.761. The van der Waals surface area contributed by atoms with Crippen molar-refractivity contribution in [1.82, 2.24) is 9.55 Å². The molecule has 0 saturated heterocycles. The van der Waals surface area contributed by atoms with Crippen LogP contribution in [0.1, 0.15) is 18.4 Å². The first kappa shape index (κ1) is 20.9. The highest BCUT2D eigenvalue weighted by atomic mass is 32.2. The number of nitrogens with zero attached hydrogens (tertiary/aromatic N) is 2. The van der Waals surface area contributed by atoms with Crippen molar-refractivity contribution < 1.29 is 9.90 Å². The maximum Gasteiger partial charge on any atom is 0.303 e. The Kier molecular flexibility index (Phi) is 6.53. The lowest BCUT2D eigenvalue weighted by atomic mass is 10.0. The van der Waals surface area contributed by atoms with E-state index in [9.17, 15) is 4.79 Å². The van der Waals surface area contributed by atoms with Crippen LogP contribution < -0.4 is 0 Å². The molecule has 0 aliphatic heterocycles. The lowest BCUT2D eigenvalue weighted by Gasteiger charge is -2.13. The van der Waals surface area contributed by atoms with E-state index in [1.165, 1.54) is 5.56 Å². The van der Waals surface area contributed by atoms with Crippen LogP contribution in [0.4, 0.5) is 0 Å². The molecule has 0 aliphatic rings. The normalized spacial score (nSPS) is 10.9. The Morgan fingerprint density at radius 1 is 0.903 bits per heavy atom. The second-order valence-electron chi connectivity index (χ2n) is 7.34. The fraction of sp³-hybridized carbons (Fsp3) is 0.154. The van der Waals surface area contributed by atoms with Crippen LogP contribution >= 0.6 is 11.8 Å². The first-order valence-electron chi connectivity index (χ1n) is 10.3. The molecule has 156 valence electrons. The summed E-state index contributed by atoms with van der Waals surface area (Å²) >= 11 is 1.60. The van der Waals surface area contributed by atoms with E-state index < -0.39 is 5.97 Å². The highest BCUT2D eigenvalue weighted by molar-refractivity contribution is 7.99. The van der Waals surface area contributed by atoms with Crippen molar-refractivity contribution in [2.75, 3.05) is 5.75 Å². The highest BCUT2D eigenvalue weighted by Crippen LogP contribution is 2.38. The topological polar surface area (TPSA) is 55.1 Å². The minimum atomic E-state index is -0.766. The van der Waals surface area contributed by atoms with Crippen LogP contribution in [0, 0.1) is 6.92 Å². The molecular formula is C26H24N2O2S. The van der Waals surface area contributed by atoms with Gasteiger partial charge in [0.1, 0.15) is 0 Å². The molecule has 0 amide bonds. The van der Waals surface area contributed by atoms with Crippen LogP contribution in [0.15, 0.2) is 90.1 Å². The zero-order valence-electron chi connectivity index (χ0n) is 17.4. The number of aromatic nitrogens is 2. The minimum Gasteiger partial charge on any atom is -0.481 e. The minimum absolute atomic E-state index is 0.162. The fourth-order valence-corrected chi connectivity index (χ4v) is 4.43. The molecule has 0 radical (unpaired) electrons. The number of aliphatic carboxylic acids is 1. The predicted molar refractivity (Wildman–Crippen MR) is 127 cm³/mol. The van der Waals surface area contributed by atoms with Crippen molar-refractivity contribution >= 4 is 17.7 Å². The first-order chi connectivity index (χ1) is 15.1. The lowest BCUT2D eigenvalue weighted by molar-refractivity contribution is -0.137. The number of aryl methyl sites for hydroxylation is 1. The monoisotopic (exact) mass is 428 g/mol. The van der Waals surface area contributed by atoms with Gasteiger partial charge in [0.05, 0.1) is 11.4 Å². The van der Waals surface area contributed by atoms with Crippen LogP contribution in [0.5, 0.6) is 0 Å². The third-order valence-electron chi connectivity index (χ3n) is 5.00. The van der Waals surface area contributed by atoms with E-state index >= 15 is 0 Å². The number of thioether (sulfide) groups is 1. The molecule has 0 aliphatic carbocycles. The molecule has 1 N–H and O–H groups in total. The second-order valence-corrected chi connectivity index (χ2v) is 8.40. The summed E-state index contributed by atoms with van der Waals surface area (Å²) in [6.45, 7) is 2.08. The number of carboxylic acid groups (broad SMARTS) is 1. The first-order valence-corrected chi connectivity index (χ1v) is 11.3. The number of carbonyl (C=O) groups is 1. The van der Waals surface area contributed by atoms with Gasteiger partial charge in [-0.1, -0.05) is 90.1 Å². The standard InChI is InChI=1S/C26H24N2O2S/c1-19-14-16-22(17-15-19)28-25(21-11-6-3-7-12-21)24(20-9-4-2-5-10-20)27-26(28)31-18-8-13-23(29)30/h2-7,9-12,14-17H,8,13,18H2,1H3,(H,29,30).